The minimum absolute atomic E-state index is 0.405. The van der Waals surface area contributed by atoms with E-state index in [1.807, 2.05) is 30.3 Å². The number of hydrogen-bond acceptors (Lipinski definition) is 5. The van der Waals surface area contributed by atoms with Crippen LogP contribution >= 0.6 is 11.6 Å². The fourth-order valence-corrected chi connectivity index (χ4v) is 2.84. The molecule has 3 aromatic rings. The van der Waals surface area contributed by atoms with Gasteiger partial charge in [-0.3, -0.25) is 9.59 Å². The highest BCUT2D eigenvalue weighted by molar-refractivity contribution is 6.39. The lowest BCUT2D eigenvalue weighted by molar-refractivity contribution is -0.136. The Hall–Kier alpha value is -3.84. The molecule has 3 aromatic carbocycles. The monoisotopic (exact) mass is 451 g/mol. The highest BCUT2D eigenvalue weighted by Crippen LogP contribution is 2.29. The number of anilines is 1. The number of amides is 2. The normalized spacial score (nSPS) is 10.9. The predicted molar refractivity (Wildman–Crippen MR) is 124 cm³/mol. The Morgan fingerprint density at radius 2 is 1.66 bits per heavy atom. The molecule has 0 bridgehead atoms. The van der Waals surface area contributed by atoms with Gasteiger partial charge in [0, 0.05) is 16.3 Å². The second-order valence-electron chi connectivity index (χ2n) is 6.74. The van der Waals surface area contributed by atoms with Gasteiger partial charge < -0.3 is 14.8 Å². The lowest BCUT2D eigenvalue weighted by atomic mass is 10.1. The van der Waals surface area contributed by atoms with Crippen molar-refractivity contribution in [1.82, 2.24) is 5.43 Å². The number of halogens is 1. The largest absolute Gasteiger partial charge is 0.493 e. The van der Waals surface area contributed by atoms with Gasteiger partial charge in [-0.05, 0) is 55.0 Å². The summed E-state index contributed by atoms with van der Waals surface area (Å²) < 4.78 is 11.3. The zero-order valence-corrected chi connectivity index (χ0v) is 18.3. The lowest BCUT2D eigenvalue weighted by Crippen LogP contribution is -2.32. The van der Waals surface area contributed by atoms with Crippen LogP contribution in [-0.2, 0) is 16.2 Å². The van der Waals surface area contributed by atoms with Gasteiger partial charge in [0.15, 0.2) is 11.5 Å². The van der Waals surface area contributed by atoms with Crippen molar-refractivity contribution in [3.8, 4) is 11.5 Å². The molecule has 3 rings (SSSR count). The van der Waals surface area contributed by atoms with Crippen LogP contribution in [-0.4, -0.2) is 24.6 Å². The third-order valence-corrected chi connectivity index (χ3v) is 4.70. The molecule has 0 saturated carbocycles. The molecule has 0 heterocycles. The highest BCUT2D eigenvalue weighted by atomic mass is 35.5. The molecule has 32 heavy (non-hydrogen) atoms. The lowest BCUT2D eigenvalue weighted by Gasteiger charge is -2.12. The molecular weight excluding hydrogens is 430 g/mol. The molecule has 0 aromatic heterocycles. The first-order chi connectivity index (χ1) is 15.5. The summed E-state index contributed by atoms with van der Waals surface area (Å²) in [5.41, 5.74) is 4.93. The number of hydrazone groups is 1. The number of carbonyl (C=O) groups is 2. The number of methoxy groups -OCH3 is 1. The zero-order valence-electron chi connectivity index (χ0n) is 17.6. The molecule has 0 saturated heterocycles. The SMILES string of the molecule is COc1cc(C(C)=NNC(=O)C(=O)Nc2ccc(Cl)cc2)ccc1OCc1ccccc1. The van der Waals surface area contributed by atoms with Crippen LogP contribution in [0.5, 0.6) is 11.5 Å². The predicted octanol–water partition coefficient (Wildman–Crippen LogP) is 4.41. The Balaban J connectivity index is 1.61. The van der Waals surface area contributed by atoms with Gasteiger partial charge in [-0.25, -0.2) is 5.43 Å². The minimum atomic E-state index is -0.894. The van der Waals surface area contributed by atoms with Gasteiger partial charge >= 0.3 is 11.8 Å². The average molecular weight is 452 g/mol. The quantitative estimate of drug-likeness (QED) is 0.316. The van der Waals surface area contributed by atoms with Gasteiger partial charge in [0.25, 0.3) is 0 Å². The van der Waals surface area contributed by atoms with E-state index in [2.05, 4.69) is 15.8 Å². The Morgan fingerprint density at radius 1 is 0.938 bits per heavy atom. The van der Waals surface area contributed by atoms with Crippen LogP contribution in [0.15, 0.2) is 77.9 Å². The molecule has 0 aliphatic rings. The Labute approximate surface area is 191 Å². The van der Waals surface area contributed by atoms with E-state index in [-0.39, 0.29) is 0 Å². The number of ether oxygens (including phenoxy) is 2. The topological polar surface area (TPSA) is 89.0 Å². The van der Waals surface area contributed by atoms with Crippen molar-refractivity contribution < 1.29 is 19.1 Å². The summed E-state index contributed by atoms with van der Waals surface area (Å²) in [6, 6.07) is 21.5. The molecule has 0 fully saturated rings. The van der Waals surface area contributed by atoms with E-state index >= 15 is 0 Å². The van der Waals surface area contributed by atoms with Gasteiger partial charge in [0.2, 0.25) is 0 Å². The van der Waals surface area contributed by atoms with Gasteiger partial charge in [-0.15, -0.1) is 0 Å². The molecule has 0 spiro atoms. The number of benzene rings is 3. The number of carbonyl (C=O) groups excluding carboxylic acids is 2. The molecule has 2 amide bonds. The molecular formula is C24H22ClN3O4. The van der Waals surface area contributed by atoms with Crippen LogP contribution in [0.4, 0.5) is 5.69 Å². The van der Waals surface area contributed by atoms with Crippen LogP contribution < -0.4 is 20.2 Å². The summed E-state index contributed by atoms with van der Waals surface area (Å²) in [5.74, 6) is -0.626. The Bertz CT molecular complexity index is 1120. The summed E-state index contributed by atoms with van der Waals surface area (Å²) in [5, 5.41) is 7.01. The summed E-state index contributed by atoms with van der Waals surface area (Å²) in [4.78, 5) is 24.1. The first-order valence-electron chi connectivity index (χ1n) is 9.72. The summed E-state index contributed by atoms with van der Waals surface area (Å²) in [6.07, 6.45) is 0. The first kappa shape index (κ1) is 22.8. The van der Waals surface area contributed by atoms with Crippen molar-refractivity contribution in [1.29, 1.82) is 0 Å². The van der Waals surface area contributed by atoms with Crippen LogP contribution in [0.3, 0.4) is 0 Å². The number of rotatable bonds is 7. The molecule has 7 nitrogen and oxygen atoms in total. The van der Waals surface area contributed by atoms with Gasteiger partial charge in [0.1, 0.15) is 6.61 Å². The van der Waals surface area contributed by atoms with E-state index < -0.39 is 11.8 Å². The third-order valence-electron chi connectivity index (χ3n) is 4.45. The third kappa shape index (κ3) is 6.33. The molecule has 0 aliphatic carbocycles. The summed E-state index contributed by atoms with van der Waals surface area (Å²) >= 11 is 5.80. The Morgan fingerprint density at radius 3 is 2.34 bits per heavy atom. The summed E-state index contributed by atoms with van der Waals surface area (Å²) in [6.45, 7) is 2.11. The number of nitrogens with zero attached hydrogens (tertiary/aromatic N) is 1. The van der Waals surface area contributed by atoms with Crippen molar-refractivity contribution >= 4 is 34.8 Å². The van der Waals surface area contributed by atoms with Crippen LogP contribution in [0.1, 0.15) is 18.1 Å². The van der Waals surface area contributed by atoms with E-state index in [9.17, 15) is 9.59 Å². The first-order valence-corrected chi connectivity index (χ1v) is 10.1. The number of nitrogens with one attached hydrogen (secondary N) is 2. The molecule has 2 N–H and O–H groups in total. The van der Waals surface area contributed by atoms with E-state index in [4.69, 9.17) is 21.1 Å². The molecule has 0 unspecified atom stereocenters. The standard InChI is InChI=1S/C24H22ClN3O4/c1-16(27-28-24(30)23(29)26-20-11-9-19(25)10-12-20)18-8-13-21(22(14-18)31-2)32-15-17-6-4-3-5-7-17/h3-14H,15H2,1-2H3,(H,26,29)(H,28,30). The van der Waals surface area contributed by atoms with Gasteiger partial charge in [-0.1, -0.05) is 41.9 Å². The van der Waals surface area contributed by atoms with Crippen molar-refractivity contribution in [3.05, 3.63) is 88.9 Å². The van der Waals surface area contributed by atoms with E-state index in [0.717, 1.165) is 5.56 Å². The van der Waals surface area contributed by atoms with Crippen molar-refractivity contribution in [2.24, 2.45) is 5.10 Å². The fraction of sp³-hybridized carbons (Fsp3) is 0.125. The van der Waals surface area contributed by atoms with Crippen LogP contribution in [0, 0.1) is 0 Å². The molecule has 0 radical (unpaired) electrons. The van der Waals surface area contributed by atoms with Crippen molar-refractivity contribution in [3.63, 3.8) is 0 Å². The molecule has 0 atom stereocenters. The maximum absolute atomic E-state index is 12.0. The second-order valence-corrected chi connectivity index (χ2v) is 7.18. The van der Waals surface area contributed by atoms with E-state index in [1.165, 1.54) is 0 Å². The fourth-order valence-electron chi connectivity index (χ4n) is 2.72. The van der Waals surface area contributed by atoms with Crippen molar-refractivity contribution in [2.45, 2.75) is 13.5 Å². The maximum Gasteiger partial charge on any atom is 0.329 e. The highest BCUT2D eigenvalue weighted by Gasteiger charge is 2.14. The van der Waals surface area contributed by atoms with E-state index in [0.29, 0.717) is 40.1 Å². The summed E-state index contributed by atoms with van der Waals surface area (Å²) in [7, 11) is 1.55. The molecule has 0 aliphatic heterocycles. The van der Waals surface area contributed by atoms with Gasteiger partial charge in [-0.2, -0.15) is 5.10 Å². The minimum Gasteiger partial charge on any atom is -0.493 e. The zero-order chi connectivity index (χ0) is 22.9. The van der Waals surface area contributed by atoms with Crippen molar-refractivity contribution in [2.75, 3.05) is 12.4 Å². The smallest absolute Gasteiger partial charge is 0.329 e. The Kier molecular flexibility index (Phi) is 7.83. The average Bonchev–Trinajstić information content (AvgIpc) is 2.82. The molecule has 164 valence electrons. The van der Waals surface area contributed by atoms with E-state index in [1.54, 1.807) is 56.5 Å². The van der Waals surface area contributed by atoms with Crippen LogP contribution in [0.2, 0.25) is 5.02 Å². The van der Waals surface area contributed by atoms with Crippen LogP contribution in [0.25, 0.3) is 0 Å². The second kappa shape index (κ2) is 11.0. The van der Waals surface area contributed by atoms with Gasteiger partial charge in [0.05, 0.1) is 12.8 Å². The number of hydrogen-bond donors (Lipinski definition) is 2. The molecule has 8 heteroatoms. The maximum atomic E-state index is 12.0.